The molecule has 0 aromatic heterocycles. The summed E-state index contributed by atoms with van der Waals surface area (Å²) < 4.78 is 69.8. The normalized spacial score (nSPS) is 12.2. The Morgan fingerprint density at radius 2 is 1.71 bits per heavy atom. The molecule has 1 unspecified atom stereocenters. The number of ether oxygens (including phenoxy) is 1. The average Bonchev–Trinajstić information content (AvgIpc) is 2.63. The highest BCUT2D eigenvalue weighted by Crippen LogP contribution is 2.33. The molecule has 28 heavy (non-hydrogen) atoms. The molecule has 2 rings (SSSR count). The van der Waals surface area contributed by atoms with Gasteiger partial charge in [0.1, 0.15) is 11.9 Å². The van der Waals surface area contributed by atoms with Gasteiger partial charge >= 0.3 is 18.2 Å². The quantitative estimate of drug-likeness (QED) is 0.589. The number of hydrogen-bond acceptors (Lipinski definition) is 3. The molecule has 0 heterocycles. The fourth-order valence-corrected chi connectivity index (χ4v) is 2.36. The van der Waals surface area contributed by atoms with Gasteiger partial charge in [0.2, 0.25) is 0 Å². The van der Waals surface area contributed by atoms with Crippen molar-refractivity contribution in [3.8, 4) is 0 Å². The maximum Gasteiger partial charge on any atom is 0.419 e. The molecule has 0 bridgehead atoms. The van der Waals surface area contributed by atoms with E-state index in [1.54, 1.807) is 0 Å². The van der Waals surface area contributed by atoms with E-state index in [0.29, 0.717) is 11.6 Å². The van der Waals surface area contributed by atoms with Crippen molar-refractivity contribution < 1.29 is 36.3 Å². The summed E-state index contributed by atoms with van der Waals surface area (Å²) in [7, 11) is 1.08. The van der Waals surface area contributed by atoms with Gasteiger partial charge in [0.25, 0.3) is 0 Å². The van der Waals surface area contributed by atoms with Crippen molar-refractivity contribution in [3.05, 3.63) is 65.2 Å². The van der Waals surface area contributed by atoms with Crippen molar-refractivity contribution in [2.45, 2.75) is 18.6 Å². The summed E-state index contributed by atoms with van der Waals surface area (Å²) >= 11 is 0. The summed E-state index contributed by atoms with van der Waals surface area (Å²) in [5.74, 6) is -2.99. The summed E-state index contributed by atoms with van der Waals surface area (Å²) in [5.41, 5.74) is -1.76. The van der Waals surface area contributed by atoms with Crippen molar-refractivity contribution in [2.75, 3.05) is 12.4 Å². The highest BCUT2D eigenvalue weighted by atomic mass is 19.4. The van der Waals surface area contributed by atoms with Gasteiger partial charge in [-0.25, -0.2) is 18.4 Å². The van der Waals surface area contributed by atoms with Crippen LogP contribution in [0.25, 0.3) is 0 Å². The van der Waals surface area contributed by atoms with Crippen LogP contribution in [0.15, 0.2) is 42.5 Å². The van der Waals surface area contributed by atoms with Crippen LogP contribution in [0, 0.1) is 11.6 Å². The third kappa shape index (κ3) is 5.41. The lowest BCUT2D eigenvalue weighted by molar-refractivity contribution is -0.142. The van der Waals surface area contributed by atoms with Gasteiger partial charge in [-0.15, -0.1) is 0 Å². The third-order valence-electron chi connectivity index (χ3n) is 3.70. The zero-order chi connectivity index (χ0) is 20.9. The first-order valence-corrected chi connectivity index (χ1v) is 7.87. The molecule has 0 aliphatic heterocycles. The van der Waals surface area contributed by atoms with Gasteiger partial charge < -0.3 is 15.4 Å². The number of halogens is 5. The number of esters is 1. The van der Waals surface area contributed by atoms with Crippen LogP contribution in [0.2, 0.25) is 0 Å². The van der Waals surface area contributed by atoms with E-state index in [1.165, 1.54) is 12.1 Å². The minimum atomic E-state index is -4.94. The van der Waals surface area contributed by atoms with Gasteiger partial charge in [-0.05, 0) is 29.8 Å². The van der Waals surface area contributed by atoms with E-state index in [1.807, 2.05) is 5.32 Å². The molecule has 0 spiro atoms. The van der Waals surface area contributed by atoms with Crippen molar-refractivity contribution in [1.82, 2.24) is 5.32 Å². The van der Waals surface area contributed by atoms with Crippen LogP contribution in [0.1, 0.15) is 11.1 Å². The molecule has 10 heteroatoms. The van der Waals surface area contributed by atoms with Crippen molar-refractivity contribution in [3.63, 3.8) is 0 Å². The number of rotatable bonds is 5. The molecule has 0 aliphatic rings. The average molecular weight is 402 g/mol. The lowest BCUT2D eigenvalue weighted by atomic mass is 10.1. The van der Waals surface area contributed by atoms with E-state index in [-0.39, 0.29) is 6.42 Å². The lowest BCUT2D eigenvalue weighted by Gasteiger charge is -2.18. The number of anilines is 1. The monoisotopic (exact) mass is 402 g/mol. The summed E-state index contributed by atoms with van der Waals surface area (Å²) in [6.45, 7) is 0. The molecule has 1 atom stereocenters. The Bertz CT molecular complexity index is 853. The number of alkyl halides is 3. The van der Waals surface area contributed by atoms with Crippen LogP contribution < -0.4 is 10.6 Å². The molecule has 0 radical (unpaired) electrons. The van der Waals surface area contributed by atoms with Crippen LogP contribution in [0.4, 0.5) is 32.4 Å². The van der Waals surface area contributed by atoms with Gasteiger partial charge in [0.05, 0.1) is 18.4 Å². The van der Waals surface area contributed by atoms with Crippen LogP contribution in [-0.4, -0.2) is 25.2 Å². The smallest absolute Gasteiger partial charge is 0.419 e. The zero-order valence-electron chi connectivity index (χ0n) is 14.4. The Morgan fingerprint density at radius 1 is 1.07 bits per heavy atom. The van der Waals surface area contributed by atoms with Crippen LogP contribution in [-0.2, 0) is 22.1 Å². The Kier molecular flexibility index (Phi) is 6.55. The molecule has 2 amide bonds. The first-order valence-electron chi connectivity index (χ1n) is 7.87. The Labute approximate surface area is 156 Å². The largest absolute Gasteiger partial charge is 0.467 e. The van der Waals surface area contributed by atoms with Crippen LogP contribution >= 0.6 is 0 Å². The van der Waals surface area contributed by atoms with Gasteiger partial charge in [0.15, 0.2) is 5.82 Å². The molecule has 0 saturated carbocycles. The van der Waals surface area contributed by atoms with E-state index >= 15 is 0 Å². The van der Waals surface area contributed by atoms with Gasteiger partial charge in [0, 0.05) is 6.42 Å². The number of nitrogens with one attached hydrogen (secondary N) is 2. The third-order valence-corrected chi connectivity index (χ3v) is 3.70. The standard InChI is InChI=1S/C18H15F5N2O3/c1-28-16(26)14(9-10-5-7-11(19)8-6-10)25-17(27)24-13-4-2-3-12(15(13)20)18(21,22)23/h2-8,14H,9H2,1H3,(H2,24,25,27). The predicted octanol–water partition coefficient (Wildman–Crippen LogP) is 3.89. The first-order chi connectivity index (χ1) is 13.1. The number of methoxy groups -OCH3 is 1. The fourth-order valence-electron chi connectivity index (χ4n) is 2.36. The SMILES string of the molecule is COC(=O)C(Cc1ccc(F)cc1)NC(=O)Nc1cccc(C(F)(F)F)c1F. The maximum atomic E-state index is 14.0. The minimum Gasteiger partial charge on any atom is -0.467 e. The lowest BCUT2D eigenvalue weighted by Crippen LogP contribution is -2.45. The second-order valence-corrected chi connectivity index (χ2v) is 5.67. The number of amides is 2. The predicted molar refractivity (Wildman–Crippen MR) is 89.5 cm³/mol. The van der Waals surface area contributed by atoms with E-state index in [4.69, 9.17) is 0 Å². The second kappa shape index (κ2) is 8.68. The second-order valence-electron chi connectivity index (χ2n) is 5.67. The van der Waals surface area contributed by atoms with Crippen molar-refractivity contribution in [1.29, 1.82) is 0 Å². The van der Waals surface area contributed by atoms with E-state index < -0.39 is 47.1 Å². The summed E-state index contributed by atoms with van der Waals surface area (Å²) in [4.78, 5) is 23.9. The van der Waals surface area contributed by atoms with Crippen LogP contribution in [0.3, 0.4) is 0 Å². The molecule has 5 nitrogen and oxygen atoms in total. The molecular formula is C18H15F5N2O3. The van der Waals surface area contributed by atoms with E-state index in [0.717, 1.165) is 31.4 Å². The molecular weight excluding hydrogens is 387 g/mol. The molecule has 0 fully saturated rings. The van der Waals surface area contributed by atoms with Crippen molar-refractivity contribution >= 4 is 17.7 Å². The molecule has 150 valence electrons. The number of carbonyl (C=O) groups excluding carboxylic acids is 2. The van der Waals surface area contributed by atoms with Crippen molar-refractivity contribution in [2.24, 2.45) is 0 Å². The van der Waals surface area contributed by atoms with E-state index in [2.05, 4.69) is 10.1 Å². The van der Waals surface area contributed by atoms with Gasteiger partial charge in [-0.2, -0.15) is 13.2 Å². The number of benzene rings is 2. The molecule has 0 aliphatic carbocycles. The topological polar surface area (TPSA) is 67.4 Å². The highest BCUT2D eigenvalue weighted by molar-refractivity contribution is 5.92. The summed E-state index contributed by atoms with van der Waals surface area (Å²) in [6.07, 6.45) is -5.01. The Hall–Kier alpha value is -3.17. The molecule has 2 aromatic carbocycles. The number of carbonyl (C=O) groups is 2. The Balaban J connectivity index is 2.14. The fraction of sp³-hybridized carbons (Fsp3) is 0.222. The van der Waals surface area contributed by atoms with E-state index in [9.17, 15) is 31.5 Å². The molecule has 2 aromatic rings. The highest BCUT2D eigenvalue weighted by Gasteiger charge is 2.35. The minimum absolute atomic E-state index is 0.0779. The molecule has 2 N–H and O–H groups in total. The maximum absolute atomic E-state index is 14.0. The summed E-state index contributed by atoms with van der Waals surface area (Å²) in [5, 5.41) is 4.13. The Morgan fingerprint density at radius 3 is 2.29 bits per heavy atom. The number of hydrogen-bond donors (Lipinski definition) is 2. The zero-order valence-corrected chi connectivity index (χ0v) is 14.4. The molecule has 0 saturated heterocycles. The van der Waals surface area contributed by atoms with Crippen LogP contribution in [0.5, 0.6) is 0 Å². The first kappa shape index (κ1) is 21.1. The number of urea groups is 1. The van der Waals surface area contributed by atoms with Gasteiger partial charge in [-0.3, -0.25) is 0 Å². The summed E-state index contributed by atoms with van der Waals surface area (Å²) in [6, 6.07) is 5.14. The van der Waals surface area contributed by atoms with Gasteiger partial charge in [-0.1, -0.05) is 18.2 Å².